The van der Waals surface area contributed by atoms with Crippen molar-refractivity contribution < 1.29 is 19.1 Å². The molecule has 2 saturated heterocycles. The highest BCUT2D eigenvalue weighted by Crippen LogP contribution is 2.40. The number of carbonyl (C=O) groups is 3. The maximum absolute atomic E-state index is 14.3. The third-order valence-corrected chi connectivity index (χ3v) is 15.7. The SMILES string of the molecule is CCN(CC)[C@@H](Cc1ccccc1)C(=O)N1CCC[C@H]1c1ncc(-c2ccc(-c3ccc4c(ccc5[nH]c([C@H]6C[Si](C)(C)CN6C(=O)[C@H](NC(=O)OC)C(C)C)nc54)c3)cc2)[nH]1. The van der Waals surface area contributed by atoms with Gasteiger partial charge in [-0.05, 0) is 84.1 Å². The van der Waals surface area contributed by atoms with Gasteiger partial charge in [-0.2, -0.15) is 0 Å². The molecular formula is C49H60N8O4Si. The van der Waals surface area contributed by atoms with E-state index >= 15 is 0 Å². The number of carbonyl (C=O) groups excluding carboxylic acids is 3. The average Bonchev–Trinajstić information content (AvgIpc) is 4.11. The first-order valence-electron chi connectivity index (χ1n) is 22.2. The van der Waals surface area contributed by atoms with Crippen LogP contribution in [0, 0.1) is 5.92 Å². The van der Waals surface area contributed by atoms with Crippen molar-refractivity contribution in [3.8, 4) is 22.4 Å². The largest absolute Gasteiger partial charge is 0.453 e. The Labute approximate surface area is 365 Å². The van der Waals surface area contributed by atoms with E-state index in [9.17, 15) is 14.4 Å². The number of nitrogens with zero attached hydrogens (tertiary/aromatic N) is 5. The molecule has 8 rings (SSSR count). The van der Waals surface area contributed by atoms with Crippen molar-refractivity contribution in [1.29, 1.82) is 0 Å². The zero-order chi connectivity index (χ0) is 43.7. The Morgan fingerprint density at radius 2 is 1.60 bits per heavy atom. The van der Waals surface area contributed by atoms with Crippen LogP contribution in [0.1, 0.15) is 69.8 Å². The lowest BCUT2D eigenvalue weighted by Crippen LogP contribution is -2.52. The highest BCUT2D eigenvalue weighted by Gasteiger charge is 2.46. The van der Waals surface area contributed by atoms with Crippen LogP contribution in [0.5, 0.6) is 0 Å². The first kappa shape index (κ1) is 42.9. The van der Waals surface area contributed by atoms with Crippen molar-refractivity contribution in [2.75, 3.05) is 32.9 Å². The van der Waals surface area contributed by atoms with E-state index in [1.807, 2.05) is 43.1 Å². The molecule has 0 bridgehead atoms. The molecule has 12 nitrogen and oxygen atoms in total. The topological polar surface area (TPSA) is 140 Å². The van der Waals surface area contributed by atoms with Crippen LogP contribution in [-0.4, -0.2) is 106 Å². The van der Waals surface area contributed by atoms with Gasteiger partial charge < -0.3 is 29.8 Å². The number of aromatic amines is 2. The van der Waals surface area contributed by atoms with E-state index in [0.29, 0.717) is 12.6 Å². The smallest absolute Gasteiger partial charge is 0.407 e. The molecule has 4 heterocycles. The predicted molar refractivity (Wildman–Crippen MR) is 248 cm³/mol. The lowest BCUT2D eigenvalue weighted by atomic mass is 9.99. The van der Waals surface area contributed by atoms with Gasteiger partial charge in [0.25, 0.3) is 0 Å². The second-order valence-corrected chi connectivity index (χ2v) is 23.2. The molecule has 4 atom stereocenters. The summed E-state index contributed by atoms with van der Waals surface area (Å²) in [5.74, 6) is 1.58. The number of fused-ring (bicyclic) bond motifs is 3. The molecule has 0 aliphatic carbocycles. The Morgan fingerprint density at radius 3 is 2.31 bits per heavy atom. The third kappa shape index (κ3) is 8.65. The van der Waals surface area contributed by atoms with Crippen molar-refractivity contribution in [1.82, 2.24) is 40.0 Å². The van der Waals surface area contributed by atoms with Gasteiger partial charge in [0.15, 0.2) is 0 Å². The van der Waals surface area contributed by atoms with Crippen molar-refractivity contribution in [2.45, 2.75) is 90.3 Å². The van der Waals surface area contributed by atoms with Crippen LogP contribution in [0.25, 0.3) is 44.2 Å². The van der Waals surface area contributed by atoms with Crippen LogP contribution in [-0.2, 0) is 20.7 Å². The fourth-order valence-electron chi connectivity index (χ4n) is 9.66. The van der Waals surface area contributed by atoms with Gasteiger partial charge >= 0.3 is 6.09 Å². The molecule has 0 spiro atoms. The summed E-state index contributed by atoms with van der Waals surface area (Å²) < 4.78 is 4.85. The lowest BCUT2D eigenvalue weighted by molar-refractivity contribution is -0.138. The zero-order valence-corrected chi connectivity index (χ0v) is 38.1. The Morgan fingerprint density at radius 1 is 0.871 bits per heavy atom. The van der Waals surface area contributed by atoms with Crippen molar-refractivity contribution >= 4 is 47.8 Å². The highest BCUT2D eigenvalue weighted by molar-refractivity contribution is 6.78. The number of benzene rings is 4. The van der Waals surface area contributed by atoms with Crippen molar-refractivity contribution in [2.24, 2.45) is 5.92 Å². The number of rotatable bonds is 13. The molecule has 2 aliphatic heterocycles. The van der Waals surface area contributed by atoms with Crippen molar-refractivity contribution in [3.63, 3.8) is 0 Å². The van der Waals surface area contributed by atoms with Gasteiger partial charge in [-0.3, -0.25) is 14.5 Å². The quantitative estimate of drug-likeness (QED) is 0.0987. The summed E-state index contributed by atoms with van der Waals surface area (Å²) in [4.78, 5) is 63.9. The molecule has 62 heavy (non-hydrogen) atoms. The Balaban J connectivity index is 0.993. The molecule has 2 aromatic heterocycles. The van der Waals surface area contributed by atoms with Crippen LogP contribution in [0.15, 0.2) is 91.1 Å². The minimum Gasteiger partial charge on any atom is -0.453 e. The zero-order valence-electron chi connectivity index (χ0n) is 37.1. The fourth-order valence-corrected chi connectivity index (χ4v) is 12.5. The molecule has 3 N–H and O–H groups in total. The summed E-state index contributed by atoms with van der Waals surface area (Å²) in [6.07, 6.45) is 4.50. The normalized spacial score (nSPS) is 18.5. The molecule has 3 amide bonds. The lowest BCUT2D eigenvalue weighted by Gasteiger charge is -2.34. The number of amides is 3. The van der Waals surface area contributed by atoms with Gasteiger partial charge in [0.1, 0.15) is 17.7 Å². The monoisotopic (exact) mass is 852 g/mol. The van der Waals surface area contributed by atoms with Gasteiger partial charge in [0.2, 0.25) is 11.8 Å². The first-order valence-corrected chi connectivity index (χ1v) is 25.6. The fraction of sp³-hybridized carbons (Fsp3) is 0.408. The number of H-pyrrole nitrogens is 2. The number of methoxy groups -OCH3 is 1. The number of ether oxygens (including phenoxy) is 1. The van der Waals surface area contributed by atoms with Crippen molar-refractivity contribution in [3.05, 3.63) is 108 Å². The number of imidazole rings is 2. The minimum atomic E-state index is -1.77. The van der Waals surface area contributed by atoms with E-state index in [0.717, 1.165) is 94.4 Å². The highest BCUT2D eigenvalue weighted by atomic mass is 28.3. The van der Waals surface area contributed by atoms with Crippen LogP contribution < -0.4 is 5.32 Å². The second kappa shape index (κ2) is 17.9. The number of likely N-dealkylation sites (tertiary alicyclic amines) is 1. The maximum atomic E-state index is 14.3. The maximum Gasteiger partial charge on any atom is 0.407 e. The first-order chi connectivity index (χ1) is 29.9. The van der Waals surface area contributed by atoms with Gasteiger partial charge in [-0.1, -0.05) is 114 Å². The summed E-state index contributed by atoms with van der Waals surface area (Å²) in [5, 5.41) is 4.89. The molecule has 0 saturated carbocycles. The van der Waals surface area contributed by atoms with Crippen LogP contribution in [0.4, 0.5) is 4.79 Å². The summed E-state index contributed by atoms with van der Waals surface area (Å²) in [7, 11) is -0.455. The van der Waals surface area contributed by atoms with Gasteiger partial charge in [-0.25, -0.2) is 14.8 Å². The number of hydrogen-bond acceptors (Lipinski definition) is 7. The predicted octanol–water partition coefficient (Wildman–Crippen LogP) is 8.90. The van der Waals surface area contributed by atoms with E-state index in [1.54, 1.807) is 0 Å². The molecule has 0 unspecified atom stereocenters. The Hall–Kier alpha value is -5.79. The van der Waals surface area contributed by atoms with E-state index in [1.165, 1.54) is 12.7 Å². The van der Waals surface area contributed by atoms with Gasteiger partial charge in [0.05, 0.1) is 56.2 Å². The number of aromatic nitrogens is 4. The molecule has 2 fully saturated rings. The summed E-state index contributed by atoms with van der Waals surface area (Å²) in [6, 6.07) is 29.2. The van der Waals surface area contributed by atoms with Crippen LogP contribution in [0.3, 0.4) is 0 Å². The van der Waals surface area contributed by atoms with E-state index in [4.69, 9.17) is 14.7 Å². The molecule has 0 radical (unpaired) electrons. The number of hydrogen-bond donors (Lipinski definition) is 3. The Bertz CT molecular complexity index is 2550. The third-order valence-electron chi connectivity index (χ3n) is 13.0. The van der Waals surface area contributed by atoms with Crippen LogP contribution >= 0.6 is 0 Å². The molecule has 6 aromatic rings. The standard InChI is InChI=1S/C49H60N8O4Si/c1-8-55(9-2)41(26-32-14-11-10-12-15-32)47(58)56-25-13-16-40(56)45-50-28-39(52-45)34-19-17-33(18-20-34)35-21-23-37-36(27-35)22-24-38-44(37)53-46(51-38)42-29-62(6,7)30-57(42)48(59)43(31(3)4)54-49(60)61-5/h10-12,14-15,17-24,27-28,31,40-43H,8-9,13,16,25-26,29-30H2,1-7H3,(H,50,52)(H,51,53)(H,54,60)/t40-,41-,42+,43+/m0/s1. The molecule has 4 aromatic carbocycles. The number of likely N-dealkylation sites (N-methyl/N-ethyl adjacent to an activating group) is 1. The van der Waals surface area contributed by atoms with Gasteiger partial charge in [-0.15, -0.1) is 0 Å². The summed E-state index contributed by atoms with van der Waals surface area (Å²) in [5.41, 5.74) is 7.14. The number of alkyl carbamates (subject to hydrolysis) is 1. The van der Waals surface area contributed by atoms with E-state index in [2.05, 4.69) is 119 Å². The average molecular weight is 853 g/mol. The molecule has 13 heteroatoms. The Kier molecular flexibility index (Phi) is 12.4. The molecule has 2 aliphatic rings. The van der Waals surface area contributed by atoms with E-state index in [-0.39, 0.29) is 35.9 Å². The summed E-state index contributed by atoms with van der Waals surface area (Å²) >= 11 is 0. The second-order valence-electron chi connectivity index (χ2n) is 18.1. The van der Waals surface area contributed by atoms with Crippen LogP contribution in [0.2, 0.25) is 19.1 Å². The number of nitrogens with one attached hydrogen (secondary N) is 3. The van der Waals surface area contributed by atoms with E-state index < -0.39 is 20.2 Å². The molecule has 324 valence electrons. The van der Waals surface area contributed by atoms with Gasteiger partial charge in [0, 0.05) is 18.1 Å². The minimum absolute atomic E-state index is 0.0834. The molecular weight excluding hydrogens is 793 g/mol. The summed E-state index contributed by atoms with van der Waals surface area (Å²) in [6.45, 7) is 15.1.